The van der Waals surface area contributed by atoms with Crippen LogP contribution in [0.25, 0.3) is 0 Å². The Labute approximate surface area is 106 Å². The Morgan fingerprint density at radius 2 is 2.18 bits per heavy atom. The Morgan fingerprint density at radius 1 is 1.47 bits per heavy atom. The molecule has 0 bridgehead atoms. The second-order valence-corrected chi connectivity index (χ2v) is 4.30. The van der Waals surface area contributed by atoms with Crippen molar-refractivity contribution in [1.29, 1.82) is 0 Å². The highest BCUT2D eigenvalue weighted by Crippen LogP contribution is 2.22. The fourth-order valence-electron chi connectivity index (χ4n) is 1.75. The largest absolute Gasteiger partial charge is 0.479 e. The normalized spacial score (nSPS) is 12.4. The van der Waals surface area contributed by atoms with Crippen LogP contribution in [0.4, 0.5) is 0 Å². The molecule has 0 fully saturated rings. The minimum atomic E-state index is -1.45. The smallest absolute Gasteiger partial charge is 0.337 e. The van der Waals surface area contributed by atoms with Crippen molar-refractivity contribution in [2.24, 2.45) is 0 Å². The van der Waals surface area contributed by atoms with E-state index in [1.54, 1.807) is 6.07 Å². The Kier molecular flexibility index (Phi) is 5.45. The summed E-state index contributed by atoms with van der Waals surface area (Å²) >= 11 is 5.64. The maximum absolute atomic E-state index is 10.8. The number of carbonyl (C=O) groups is 1. The molecular formula is C13H17ClO3. The molecule has 3 nitrogen and oxygen atoms in total. The molecule has 4 heteroatoms. The molecule has 0 heterocycles. The molecule has 2 N–H and O–H groups in total. The first-order valence-corrected chi connectivity index (χ1v) is 6.22. The number of hydrogen-bond acceptors (Lipinski definition) is 2. The van der Waals surface area contributed by atoms with Gasteiger partial charge in [-0.3, -0.25) is 0 Å². The average Bonchev–Trinajstić information content (AvgIpc) is 2.34. The summed E-state index contributed by atoms with van der Waals surface area (Å²) < 4.78 is 0. The lowest BCUT2D eigenvalue weighted by Gasteiger charge is -2.13. The molecule has 0 aliphatic carbocycles. The molecule has 1 atom stereocenters. The second kappa shape index (κ2) is 6.62. The van der Waals surface area contributed by atoms with Gasteiger partial charge in [0.1, 0.15) is 0 Å². The third-order valence-corrected chi connectivity index (χ3v) is 2.99. The minimum absolute atomic E-state index is 0.472. The number of hydrogen-bond donors (Lipinski definition) is 2. The number of alkyl halides is 1. The Balaban J connectivity index is 3.05. The summed E-state index contributed by atoms with van der Waals surface area (Å²) in [5.41, 5.74) is 2.48. The van der Waals surface area contributed by atoms with Crippen LogP contribution < -0.4 is 0 Å². The second-order valence-electron chi connectivity index (χ2n) is 3.92. The first kappa shape index (κ1) is 14.0. The van der Waals surface area contributed by atoms with E-state index in [-0.39, 0.29) is 0 Å². The number of rotatable bonds is 6. The van der Waals surface area contributed by atoms with Gasteiger partial charge in [0, 0.05) is 5.88 Å². The van der Waals surface area contributed by atoms with Crippen molar-refractivity contribution >= 4 is 17.6 Å². The van der Waals surface area contributed by atoms with Crippen molar-refractivity contribution < 1.29 is 15.0 Å². The highest BCUT2D eigenvalue weighted by Gasteiger charge is 2.19. The van der Waals surface area contributed by atoms with Crippen LogP contribution in [0.5, 0.6) is 0 Å². The van der Waals surface area contributed by atoms with E-state index in [1.165, 1.54) is 0 Å². The molecular weight excluding hydrogens is 240 g/mol. The molecule has 1 rings (SSSR count). The van der Waals surface area contributed by atoms with Crippen molar-refractivity contribution in [3.8, 4) is 0 Å². The summed E-state index contributed by atoms with van der Waals surface area (Å²) in [6, 6.07) is 5.50. The number of aliphatic carboxylic acids is 1. The number of aliphatic hydroxyl groups excluding tert-OH is 1. The van der Waals surface area contributed by atoms with E-state index in [1.807, 2.05) is 19.1 Å². The summed E-state index contributed by atoms with van der Waals surface area (Å²) in [4.78, 5) is 10.8. The highest BCUT2D eigenvalue weighted by molar-refractivity contribution is 6.17. The number of benzene rings is 1. The van der Waals surface area contributed by atoms with Gasteiger partial charge in [0.25, 0.3) is 0 Å². The van der Waals surface area contributed by atoms with E-state index in [2.05, 4.69) is 0 Å². The van der Waals surface area contributed by atoms with Crippen LogP contribution in [0.3, 0.4) is 0 Å². The van der Waals surface area contributed by atoms with Crippen molar-refractivity contribution in [2.75, 3.05) is 5.88 Å². The zero-order valence-corrected chi connectivity index (χ0v) is 10.6. The lowest BCUT2D eigenvalue weighted by molar-refractivity contribution is -0.147. The number of halogens is 1. The number of aliphatic hydroxyl groups is 1. The monoisotopic (exact) mass is 256 g/mol. The first-order valence-electron chi connectivity index (χ1n) is 5.68. The van der Waals surface area contributed by atoms with Crippen LogP contribution in [-0.4, -0.2) is 22.1 Å². The van der Waals surface area contributed by atoms with Crippen LogP contribution in [0.15, 0.2) is 18.2 Å². The molecule has 0 aliphatic rings. The van der Waals surface area contributed by atoms with E-state index in [9.17, 15) is 9.90 Å². The highest BCUT2D eigenvalue weighted by atomic mass is 35.5. The first-order chi connectivity index (χ1) is 8.10. The summed E-state index contributed by atoms with van der Waals surface area (Å²) in [6.45, 7) is 2.04. The van der Waals surface area contributed by atoms with Crippen LogP contribution in [0.2, 0.25) is 0 Å². The van der Waals surface area contributed by atoms with Crippen LogP contribution in [0, 0.1) is 0 Å². The van der Waals surface area contributed by atoms with Gasteiger partial charge >= 0.3 is 5.97 Å². The fourth-order valence-corrected chi connectivity index (χ4v) is 1.89. The summed E-state index contributed by atoms with van der Waals surface area (Å²) in [7, 11) is 0. The van der Waals surface area contributed by atoms with E-state index in [0.29, 0.717) is 17.9 Å². The summed E-state index contributed by atoms with van der Waals surface area (Å²) in [5, 5.41) is 18.4. The predicted octanol–water partition coefficient (Wildman–Crippen LogP) is 2.54. The zero-order valence-electron chi connectivity index (χ0n) is 9.82. The standard InChI is InChI=1S/C13H17ClO3/c1-2-9-5-6-11(12(15)13(16)17)10(8-9)4-3-7-14/h5-6,8,12,15H,2-4,7H2,1H3,(H,16,17). The fraction of sp³-hybridized carbons (Fsp3) is 0.462. The molecule has 0 saturated carbocycles. The van der Waals surface area contributed by atoms with E-state index < -0.39 is 12.1 Å². The van der Waals surface area contributed by atoms with Crippen molar-refractivity contribution in [1.82, 2.24) is 0 Å². The van der Waals surface area contributed by atoms with Gasteiger partial charge in [-0.15, -0.1) is 11.6 Å². The summed E-state index contributed by atoms with van der Waals surface area (Å²) in [5.74, 6) is -0.694. The average molecular weight is 257 g/mol. The molecule has 1 aromatic rings. The molecule has 0 saturated heterocycles. The van der Waals surface area contributed by atoms with Crippen molar-refractivity contribution in [3.63, 3.8) is 0 Å². The van der Waals surface area contributed by atoms with Crippen LogP contribution in [0.1, 0.15) is 36.1 Å². The lowest BCUT2D eigenvalue weighted by atomic mass is 9.96. The third-order valence-electron chi connectivity index (χ3n) is 2.72. The van der Waals surface area contributed by atoms with Gasteiger partial charge in [-0.1, -0.05) is 25.1 Å². The molecule has 0 amide bonds. The Bertz CT molecular complexity index is 390. The van der Waals surface area contributed by atoms with Gasteiger partial charge in [0.2, 0.25) is 0 Å². The van der Waals surface area contributed by atoms with Gasteiger partial charge in [-0.05, 0) is 36.0 Å². The van der Waals surface area contributed by atoms with E-state index >= 15 is 0 Å². The quantitative estimate of drug-likeness (QED) is 0.769. The number of carboxylic acids is 1. The van der Waals surface area contributed by atoms with Gasteiger partial charge < -0.3 is 10.2 Å². The topological polar surface area (TPSA) is 57.5 Å². The number of aryl methyl sites for hydroxylation is 2. The van der Waals surface area contributed by atoms with Crippen LogP contribution >= 0.6 is 11.6 Å². The molecule has 17 heavy (non-hydrogen) atoms. The van der Waals surface area contributed by atoms with Gasteiger partial charge in [-0.2, -0.15) is 0 Å². The molecule has 0 spiro atoms. The van der Waals surface area contributed by atoms with Gasteiger partial charge in [-0.25, -0.2) is 4.79 Å². The number of carboxylic acid groups (broad SMARTS) is 1. The molecule has 1 unspecified atom stereocenters. The molecule has 0 aliphatic heterocycles. The molecule has 0 radical (unpaired) electrons. The summed E-state index contributed by atoms with van der Waals surface area (Å²) in [6.07, 6.45) is 0.897. The van der Waals surface area contributed by atoms with E-state index in [0.717, 1.165) is 24.0 Å². The lowest BCUT2D eigenvalue weighted by Crippen LogP contribution is -2.13. The molecule has 0 aromatic heterocycles. The Morgan fingerprint density at radius 3 is 2.71 bits per heavy atom. The molecule has 94 valence electrons. The van der Waals surface area contributed by atoms with Crippen molar-refractivity contribution in [3.05, 3.63) is 34.9 Å². The van der Waals surface area contributed by atoms with Crippen molar-refractivity contribution in [2.45, 2.75) is 32.3 Å². The molecule has 1 aromatic carbocycles. The maximum atomic E-state index is 10.8. The van der Waals surface area contributed by atoms with Gasteiger partial charge in [0.05, 0.1) is 0 Å². The predicted molar refractivity (Wildman–Crippen MR) is 67.5 cm³/mol. The third kappa shape index (κ3) is 3.72. The Hall–Kier alpha value is -1.06. The van der Waals surface area contributed by atoms with E-state index in [4.69, 9.17) is 16.7 Å². The minimum Gasteiger partial charge on any atom is -0.479 e. The van der Waals surface area contributed by atoms with Crippen LogP contribution in [-0.2, 0) is 17.6 Å². The van der Waals surface area contributed by atoms with Gasteiger partial charge in [0.15, 0.2) is 6.10 Å². The SMILES string of the molecule is CCc1ccc(C(O)C(=O)O)c(CCCCl)c1. The zero-order chi connectivity index (χ0) is 12.8. The maximum Gasteiger partial charge on any atom is 0.337 e.